The third-order valence-electron chi connectivity index (χ3n) is 5.44. The van der Waals surface area contributed by atoms with Gasteiger partial charge in [0.2, 0.25) is 5.95 Å². The van der Waals surface area contributed by atoms with Gasteiger partial charge in [-0.1, -0.05) is 0 Å². The molecule has 7 nitrogen and oxygen atoms in total. The molecule has 0 spiro atoms. The summed E-state index contributed by atoms with van der Waals surface area (Å²) in [4.78, 5) is 17.8. The zero-order valence-electron chi connectivity index (χ0n) is 16.5. The fourth-order valence-electron chi connectivity index (χ4n) is 3.61. The molecule has 1 aromatic rings. The number of aliphatic imine (C=N–C) groups is 1. The number of hydrogen-bond donors (Lipinski definition) is 2. The van der Waals surface area contributed by atoms with Gasteiger partial charge in [-0.2, -0.15) is 11.8 Å². The molecule has 0 amide bonds. The van der Waals surface area contributed by atoms with Crippen LogP contribution in [0.15, 0.2) is 23.5 Å². The van der Waals surface area contributed by atoms with E-state index in [9.17, 15) is 0 Å². The number of likely N-dealkylation sites (N-methyl/N-ethyl adjacent to an activating group) is 1. The molecule has 0 aliphatic carbocycles. The average Bonchev–Trinajstić information content (AvgIpc) is 3.16. The Morgan fingerprint density at radius 1 is 1.41 bits per heavy atom. The van der Waals surface area contributed by atoms with Gasteiger partial charge in [-0.05, 0) is 45.2 Å². The molecule has 2 unspecified atom stereocenters. The Balaban J connectivity index is 0.00000261. The predicted molar refractivity (Wildman–Crippen MR) is 126 cm³/mol. The quantitative estimate of drug-likeness (QED) is 0.359. The number of rotatable bonds is 5. The molecule has 2 fully saturated rings. The lowest BCUT2D eigenvalue weighted by molar-refractivity contribution is 0.182. The standard InChI is InChI=1S/C18H31N7S.HI/c1-19-16(22-13-18(24(2)3)7-11-26-14-18)23-15-6-4-10-25(12-15)17-20-8-5-9-21-17;/h5,8-9,15H,4,6-7,10-14H2,1-3H3,(H2,19,22,23);1H. The summed E-state index contributed by atoms with van der Waals surface area (Å²) in [5, 5.41) is 7.17. The Morgan fingerprint density at radius 2 is 2.19 bits per heavy atom. The molecule has 27 heavy (non-hydrogen) atoms. The third kappa shape index (κ3) is 5.83. The van der Waals surface area contributed by atoms with E-state index in [-0.39, 0.29) is 29.5 Å². The number of aromatic nitrogens is 2. The van der Waals surface area contributed by atoms with Crippen molar-refractivity contribution in [1.82, 2.24) is 25.5 Å². The molecule has 2 saturated heterocycles. The number of anilines is 1. The van der Waals surface area contributed by atoms with E-state index in [4.69, 9.17) is 0 Å². The predicted octanol–water partition coefficient (Wildman–Crippen LogP) is 1.67. The van der Waals surface area contributed by atoms with Gasteiger partial charge in [0.1, 0.15) is 0 Å². The van der Waals surface area contributed by atoms with Crippen molar-refractivity contribution < 1.29 is 0 Å². The molecule has 0 radical (unpaired) electrons. The minimum atomic E-state index is 0. The Hall–Kier alpha value is -0.810. The maximum atomic E-state index is 4.45. The van der Waals surface area contributed by atoms with E-state index in [2.05, 4.69) is 49.5 Å². The molecule has 9 heteroatoms. The summed E-state index contributed by atoms with van der Waals surface area (Å²) in [5.74, 6) is 4.12. The summed E-state index contributed by atoms with van der Waals surface area (Å²) in [6, 6.07) is 2.21. The molecule has 2 aliphatic rings. The number of halogens is 1. The van der Waals surface area contributed by atoms with Gasteiger partial charge in [0, 0.05) is 56.4 Å². The number of piperidine rings is 1. The molecular formula is C18H32IN7S. The van der Waals surface area contributed by atoms with Gasteiger partial charge in [-0.3, -0.25) is 4.99 Å². The van der Waals surface area contributed by atoms with Crippen molar-refractivity contribution in [3.8, 4) is 0 Å². The molecule has 2 N–H and O–H groups in total. The van der Waals surface area contributed by atoms with E-state index < -0.39 is 0 Å². The van der Waals surface area contributed by atoms with Gasteiger partial charge in [0.25, 0.3) is 0 Å². The molecule has 3 heterocycles. The first-order valence-electron chi connectivity index (χ1n) is 9.37. The van der Waals surface area contributed by atoms with E-state index in [1.54, 1.807) is 12.4 Å². The number of hydrogen-bond acceptors (Lipinski definition) is 6. The van der Waals surface area contributed by atoms with Crippen LogP contribution in [0.1, 0.15) is 19.3 Å². The Kier molecular flexibility index (Phi) is 8.87. The Morgan fingerprint density at radius 3 is 2.81 bits per heavy atom. The summed E-state index contributed by atoms with van der Waals surface area (Å²) in [7, 11) is 6.22. The number of nitrogens with zero attached hydrogens (tertiary/aromatic N) is 5. The van der Waals surface area contributed by atoms with Crippen LogP contribution in [-0.2, 0) is 0 Å². The lowest BCUT2D eigenvalue weighted by atomic mass is 9.97. The average molecular weight is 505 g/mol. The molecule has 0 aromatic carbocycles. The normalized spacial score (nSPS) is 26.0. The van der Waals surface area contributed by atoms with E-state index in [1.807, 2.05) is 24.9 Å². The molecule has 0 bridgehead atoms. The van der Waals surface area contributed by atoms with E-state index in [0.717, 1.165) is 44.4 Å². The van der Waals surface area contributed by atoms with Crippen LogP contribution in [0.2, 0.25) is 0 Å². The minimum Gasteiger partial charge on any atom is -0.355 e. The number of guanidine groups is 1. The molecule has 0 saturated carbocycles. The zero-order chi connectivity index (χ0) is 18.4. The van der Waals surface area contributed by atoms with E-state index in [1.165, 1.54) is 17.9 Å². The topological polar surface area (TPSA) is 68.7 Å². The lowest BCUT2D eigenvalue weighted by Crippen LogP contribution is -2.57. The first kappa shape index (κ1) is 22.5. The summed E-state index contributed by atoms with van der Waals surface area (Å²) < 4.78 is 0. The number of thioether (sulfide) groups is 1. The molecule has 152 valence electrons. The van der Waals surface area contributed by atoms with Gasteiger partial charge in [-0.15, -0.1) is 24.0 Å². The molecular weight excluding hydrogens is 473 g/mol. The zero-order valence-corrected chi connectivity index (χ0v) is 19.7. The number of nitrogens with one attached hydrogen (secondary N) is 2. The first-order valence-corrected chi connectivity index (χ1v) is 10.5. The maximum Gasteiger partial charge on any atom is 0.225 e. The lowest BCUT2D eigenvalue weighted by Gasteiger charge is -2.37. The summed E-state index contributed by atoms with van der Waals surface area (Å²) in [5.41, 5.74) is 0.221. The van der Waals surface area contributed by atoms with Crippen LogP contribution < -0.4 is 15.5 Å². The monoisotopic (exact) mass is 505 g/mol. The second kappa shape index (κ2) is 10.7. The SMILES string of the molecule is CN=C(NCC1(N(C)C)CCSC1)NC1CCCN(c2ncccn2)C1.I. The van der Waals surface area contributed by atoms with Gasteiger partial charge in [0.05, 0.1) is 0 Å². The maximum absolute atomic E-state index is 4.45. The van der Waals surface area contributed by atoms with Gasteiger partial charge in [0.15, 0.2) is 5.96 Å². The first-order chi connectivity index (χ1) is 12.6. The van der Waals surface area contributed by atoms with Crippen molar-refractivity contribution in [2.24, 2.45) is 4.99 Å². The van der Waals surface area contributed by atoms with Crippen molar-refractivity contribution in [2.45, 2.75) is 30.8 Å². The molecule has 2 aliphatic heterocycles. The van der Waals surface area contributed by atoms with Crippen molar-refractivity contribution in [3.05, 3.63) is 18.5 Å². The Labute approximate surface area is 184 Å². The fraction of sp³-hybridized carbons (Fsp3) is 0.722. The van der Waals surface area contributed by atoms with Crippen molar-refractivity contribution >= 4 is 47.6 Å². The molecule has 1 aromatic heterocycles. The van der Waals surface area contributed by atoms with Gasteiger partial charge >= 0.3 is 0 Å². The van der Waals surface area contributed by atoms with Crippen LogP contribution >= 0.6 is 35.7 Å². The van der Waals surface area contributed by atoms with E-state index >= 15 is 0 Å². The minimum absolute atomic E-state index is 0. The highest BCUT2D eigenvalue weighted by Gasteiger charge is 2.36. The van der Waals surface area contributed by atoms with Crippen LogP contribution in [-0.4, -0.2) is 84.7 Å². The fourth-order valence-corrected chi connectivity index (χ4v) is 5.17. The van der Waals surface area contributed by atoms with Crippen molar-refractivity contribution in [1.29, 1.82) is 0 Å². The van der Waals surface area contributed by atoms with Crippen LogP contribution in [0, 0.1) is 0 Å². The highest BCUT2D eigenvalue weighted by molar-refractivity contribution is 14.0. The third-order valence-corrected chi connectivity index (χ3v) is 6.67. The van der Waals surface area contributed by atoms with Crippen LogP contribution in [0.25, 0.3) is 0 Å². The Bertz CT molecular complexity index is 593. The van der Waals surface area contributed by atoms with Gasteiger partial charge in [-0.25, -0.2) is 9.97 Å². The summed E-state index contributed by atoms with van der Waals surface area (Å²) >= 11 is 2.04. The summed E-state index contributed by atoms with van der Waals surface area (Å²) in [6.07, 6.45) is 7.10. The van der Waals surface area contributed by atoms with Crippen LogP contribution in [0.4, 0.5) is 5.95 Å². The van der Waals surface area contributed by atoms with Crippen molar-refractivity contribution in [2.75, 3.05) is 57.2 Å². The van der Waals surface area contributed by atoms with Gasteiger partial charge < -0.3 is 20.4 Å². The largest absolute Gasteiger partial charge is 0.355 e. The summed E-state index contributed by atoms with van der Waals surface area (Å²) in [6.45, 7) is 2.83. The second-order valence-corrected chi connectivity index (χ2v) is 8.43. The van der Waals surface area contributed by atoms with Crippen LogP contribution in [0.3, 0.4) is 0 Å². The highest BCUT2D eigenvalue weighted by Crippen LogP contribution is 2.31. The molecule has 3 rings (SSSR count). The molecule has 2 atom stereocenters. The van der Waals surface area contributed by atoms with Crippen molar-refractivity contribution in [3.63, 3.8) is 0 Å². The smallest absolute Gasteiger partial charge is 0.225 e. The van der Waals surface area contributed by atoms with Crippen LogP contribution in [0.5, 0.6) is 0 Å². The van der Waals surface area contributed by atoms with E-state index in [0.29, 0.717) is 6.04 Å². The highest BCUT2D eigenvalue weighted by atomic mass is 127. The second-order valence-electron chi connectivity index (χ2n) is 7.33.